The molecule has 1 aromatic rings. The molecule has 1 rings (SSSR count). The molecule has 0 heterocycles. The molecule has 1 unspecified atom stereocenters. The minimum Gasteiger partial charge on any atom is -0.493 e. The molecule has 0 spiro atoms. The molecule has 2 N–H and O–H groups in total. The Hall–Kier alpha value is -1.75. The van der Waals surface area contributed by atoms with Crippen LogP contribution in [0.5, 0.6) is 11.5 Å². The number of benzene rings is 1. The Morgan fingerprint density at radius 3 is 2.53 bits per heavy atom. The first-order valence-corrected chi connectivity index (χ1v) is 6.25. The maximum Gasteiger partial charge on any atom is 0.344 e. The van der Waals surface area contributed by atoms with Gasteiger partial charge in [-0.1, -0.05) is 19.4 Å². The topological polar surface area (TPSA) is 76.0 Å². The molecule has 106 valence electrons. The van der Waals surface area contributed by atoms with Crippen molar-refractivity contribution in [2.24, 2.45) is 0 Å². The average Bonchev–Trinajstić information content (AvgIpc) is 2.38. The molecule has 0 amide bonds. The highest BCUT2D eigenvalue weighted by molar-refractivity contribution is 5.72. The van der Waals surface area contributed by atoms with Gasteiger partial charge in [-0.05, 0) is 31.0 Å². The molecule has 0 aliphatic carbocycles. The normalized spacial score (nSPS) is 13.7. The Labute approximate surface area is 112 Å². The van der Waals surface area contributed by atoms with Crippen molar-refractivity contribution < 1.29 is 24.5 Å². The van der Waals surface area contributed by atoms with Crippen LogP contribution in [0.3, 0.4) is 0 Å². The molecule has 0 saturated carbocycles. The van der Waals surface area contributed by atoms with Crippen LogP contribution in [-0.2, 0) is 4.79 Å². The third kappa shape index (κ3) is 4.13. The highest BCUT2D eigenvalue weighted by Crippen LogP contribution is 2.31. The van der Waals surface area contributed by atoms with Gasteiger partial charge in [0.05, 0.1) is 13.2 Å². The van der Waals surface area contributed by atoms with Crippen LogP contribution in [0.15, 0.2) is 18.2 Å². The summed E-state index contributed by atoms with van der Waals surface area (Å²) in [7, 11) is 1.48. The highest BCUT2D eigenvalue weighted by Gasteiger charge is 2.20. The SMILES string of the molecule is CCCC(Oc1ccc([C@H](C)O)cc1OC)C(=O)O. The van der Waals surface area contributed by atoms with E-state index in [1.54, 1.807) is 25.1 Å². The number of carboxylic acid groups (broad SMARTS) is 1. The van der Waals surface area contributed by atoms with Crippen molar-refractivity contribution in [3.63, 3.8) is 0 Å². The van der Waals surface area contributed by atoms with E-state index in [-0.39, 0.29) is 0 Å². The van der Waals surface area contributed by atoms with Gasteiger partial charge in [0.15, 0.2) is 17.6 Å². The summed E-state index contributed by atoms with van der Waals surface area (Å²) in [6.45, 7) is 3.54. The summed E-state index contributed by atoms with van der Waals surface area (Å²) < 4.78 is 10.6. The van der Waals surface area contributed by atoms with Crippen LogP contribution in [0.2, 0.25) is 0 Å². The van der Waals surface area contributed by atoms with Gasteiger partial charge in [0.25, 0.3) is 0 Å². The fourth-order valence-electron chi connectivity index (χ4n) is 1.69. The quantitative estimate of drug-likeness (QED) is 0.794. The molecule has 0 aliphatic heterocycles. The lowest BCUT2D eigenvalue weighted by atomic mass is 10.1. The summed E-state index contributed by atoms with van der Waals surface area (Å²) >= 11 is 0. The van der Waals surface area contributed by atoms with Gasteiger partial charge >= 0.3 is 5.97 Å². The maximum atomic E-state index is 11.1. The van der Waals surface area contributed by atoms with Crippen LogP contribution < -0.4 is 9.47 Å². The van der Waals surface area contributed by atoms with Gasteiger partial charge in [-0.15, -0.1) is 0 Å². The number of hydrogen-bond acceptors (Lipinski definition) is 4. The molecule has 19 heavy (non-hydrogen) atoms. The molecule has 1 aromatic carbocycles. The molecular formula is C14H20O5. The minimum absolute atomic E-state index is 0.368. The average molecular weight is 268 g/mol. The van der Waals surface area contributed by atoms with Gasteiger partial charge in [-0.25, -0.2) is 4.79 Å². The van der Waals surface area contributed by atoms with E-state index >= 15 is 0 Å². The van der Waals surface area contributed by atoms with Gasteiger partial charge < -0.3 is 19.7 Å². The number of rotatable bonds is 7. The molecule has 5 heteroatoms. The zero-order chi connectivity index (χ0) is 14.4. The molecule has 0 radical (unpaired) electrons. The van der Waals surface area contributed by atoms with Crippen molar-refractivity contribution in [2.45, 2.75) is 38.9 Å². The first-order chi connectivity index (χ1) is 8.99. The molecule has 0 saturated heterocycles. The predicted molar refractivity (Wildman–Crippen MR) is 70.6 cm³/mol. The van der Waals surface area contributed by atoms with E-state index in [4.69, 9.17) is 14.6 Å². The Kier molecular flexibility index (Phi) is 5.63. The smallest absolute Gasteiger partial charge is 0.344 e. The third-order valence-electron chi connectivity index (χ3n) is 2.77. The second-order valence-electron chi connectivity index (χ2n) is 4.32. The number of carboxylic acids is 1. The summed E-state index contributed by atoms with van der Waals surface area (Å²) in [6, 6.07) is 4.95. The van der Waals surface area contributed by atoms with E-state index in [1.807, 2.05) is 6.92 Å². The van der Waals surface area contributed by atoms with Crippen molar-refractivity contribution in [3.05, 3.63) is 23.8 Å². The highest BCUT2D eigenvalue weighted by atomic mass is 16.5. The van der Waals surface area contributed by atoms with Crippen LogP contribution >= 0.6 is 0 Å². The fraction of sp³-hybridized carbons (Fsp3) is 0.500. The van der Waals surface area contributed by atoms with Crippen LogP contribution in [0.4, 0.5) is 0 Å². The zero-order valence-electron chi connectivity index (χ0n) is 11.4. The van der Waals surface area contributed by atoms with Crippen molar-refractivity contribution in [1.29, 1.82) is 0 Å². The second kappa shape index (κ2) is 6.99. The number of aliphatic carboxylic acids is 1. The lowest BCUT2D eigenvalue weighted by Gasteiger charge is -2.17. The van der Waals surface area contributed by atoms with Gasteiger partial charge in [0.2, 0.25) is 0 Å². The van der Waals surface area contributed by atoms with E-state index in [0.29, 0.717) is 29.9 Å². The van der Waals surface area contributed by atoms with E-state index < -0.39 is 18.2 Å². The number of carbonyl (C=O) groups is 1. The van der Waals surface area contributed by atoms with Gasteiger partial charge in [-0.2, -0.15) is 0 Å². The lowest BCUT2D eigenvalue weighted by Crippen LogP contribution is -2.26. The predicted octanol–water partition coefficient (Wildman–Crippen LogP) is 2.38. The molecular weight excluding hydrogens is 248 g/mol. The van der Waals surface area contributed by atoms with Crippen molar-refractivity contribution in [2.75, 3.05) is 7.11 Å². The second-order valence-corrected chi connectivity index (χ2v) is 4.32. The molecule has 0 bridgehead atoms. The zero-order valence-corrected chi connectivity index (χ0v) is 11.4. The first-order valence-electron chi connectivity index (χ1n) is 6.25. The Morgan fingerprint density at radius 2 is 2.05 bits per heavy atom. The largest absolute Gasteiger partial charge is 0.493 e. The number of ether oxygens (including phenoxy) is 2. The molecule has 0 aromatic heterocycles. The Bertz CT molecular complexity index is 428. The van der Waals surface area contributed by atoms with E-state index in [9.17, 15) is 9.90 Å². The van der Waals surface area contributed by atoms with Gasteiger partial charge in [0.1, 0.15) is 0 Å². The maximum absolute atomic E-state index is 11.1. The van der Waals surface area contributed by atoms with Crippen LogP contribution in [0.1, 0.15) is 38.4 Å². The first kappa shape index (κ1) is 15.3. The van der Waals surface area contributed by atoms with Gasteiger partial charge in [0, 0.05) is 0 Å². The van der Waals surface area contributed by atoms with E-state index in [2.05, 4.69) is 0 Å². The third-order valence-corrected chi connectivity index (χ3v) is 2.77. The van der Waals surface area contributed by atoms with Crippen LogP contribution in [0, 0.1) is 0 Å². The summed E-state index contributed by atoms with van der Waals surface area (Å²) in [5, 5.41) is 18.6. The Balaban J connectivity index is 2.96. The van der Waals surface area contributed by atoms with Gasteiger partial charge in [-0.3, -0.25) is 0 Å². The molecule has 0 fully saturated rings. The number of hydrogen-bond donors (Lipinski definition) is 2. The summed E-state index contributed by atoms with van der Waals surface area (Å²) in [4.78, 5) is 11.1. The molecule has 2 atom stereocenters. The van der Waals surface area contributed by atoms with Crippen molar-refractivity contribution in [1.82, 2.24) is 0 Å². The fourth-order valence-corrected chi connectivity index (χ4v) is 1.69. The van der Waals surface area contributed by atoms with Crippen molar-refractivity contribution in [3.8, 4) is 11.5 Å². The monoisotopic (exact) mass is 268 g/mol. The molecule has 5 nitrogen and oxygen atoms in total. The lowest BCUT2D eigenvalue weighted by molar-refractivity contribution is -0.145. The van der Waals surface area contributed by atoms with Crippen molar-refractivity contribution >= 4 is 5.97 Å². The standard InChI is InChI=1S/C14H20O5/c1-4-5-12(14(16)17)19-11-7-6-10(9(2)15)8-13(11)18-3/h6-9,12,15H,4-5H2,1-3H3,(H,16,17)/t9-,12?/m0/s1. The van der Waals surface area contributed by atoms with Crippen LogP contribution in [-0.4, -0.2) is 29.4 Å². The Morgan fingerprint density at radius 1 is 1.37 bits per heavy atom. The number of aliphatic hydroxyl groups is 1. The van der Waals surface area contributed by atoms with E-state index in [1.165, 1.54) is 7.11 Å². The van der Waals surface area contributed by atoms with E-state index in [0.717, 1.165) is 0 Å². The number of methoxy groups -OCH3 is 1. The minimum atomic E-state index is -0.997. The number of aliphatic hydroxyl groups excluding tert-OH is 1. The summed E-state index contributed by atoms with van der Waals surface area (Å²) in [5.41, 5.74) is 0.687. The summed E-state index contributed by atoms with van der Waals surface area (Å²) in [6.07, 6.45) is -0.369. The van der Waals surface area contributed by atoms with Crippen LogP contribution in [0.25, 0.3) is 0 Å². The summed E-state index contributed by atoms with van der Waals surface area (Å²) in [5.74, 6) is -0.211. The molecule has 0 aliphatic rings.